The summed E-state index contributed by atoms with van der Waals surface area (Å²) in [4.78, 5) is 0. The van der Waals surface area contributed by atoms with Crippen molar-refractivity contribution >= 4 is 0 Å². The Hall–Kier alpha value is -0.820. The van der Waals surface area contributed by atoms with E-state index in [-0.39, 0.29) is 0 Å². The number of hydrogen-bond donors (Lipinski definition) is 0. The van der Waals surface area contributed by atoms with Crippen molar-refractivity contribution in [3.05, 3.63) is 35.9 Å². The minimum atomic E-state index is 0.413. The van der Waals surface area contributed by atoms with Gasteiger partial charge in [-0.15, -0.1) is 0 Å². The molecule has 0 heterocycles. The fourth-order valence-corrected chi connectivity index (χ4v) is 8.32. The van der Waals surface area contributed by atoms with Crippen molar-refractivity contribution in [1.82, 2.24) is 0 Å². The Morgan fingerprint density at radius 3 is 0.894 bits per heavy atom. The van der Waals surface area contributed by atoms with Gasteiger partial charge in [-0.1, -0.05) is 224 Å². The van der Waals surface area contributed by atoms with Gasteiger partial charge in [0.2, 0.25) is 0 Å². The fourth-order valence-electron chi connectivity index (χ4n) is 8.32. The first-order valence-electron chi connectivity index (χ1n) is 21.9. The molecule has 1 nitrogen and oxygen atoms in total. The van der Waals surface area contributed by atoms with E-state index < -0.39 is 0 Å². The molecule has 0 unspecified atom stereocenters. The molecule has 0 saturated carbocycles. The number of quaternary nitrogens is 1. The molecule has 0 fully saturated rings. The molecular formula is C46H88N+. The third-order valence-electron chi connectivity index (χ3n) is 11.7. The number of nitrogens with zero attached hydrogens (tertiary/aromatic N) is 1. The molecule has 0 saturated heterocycles. The van der Waals surface area contributed by atoms with Crippen molar-refractivity contribution in [2.24, 2.45) is 0 Å². The monoisotopic (exact) mass is 655 g/mol. The predicted octanol–water partition coefficient (Wildman–Crippen LogP) is 15.9. The molecule has 1 aromatic rings. The maximum atomic E-state index is 2.61. The lowest BCUT2D eigenvalue weighted by Gasteiger charge is -2.50. The second-order valence-electron chi connectivity index (χ2n) is 16.3. The van der Waals surface area contributed by atoms with Gasteiger partial charge in [-0.3, -0.25) is 0 Å². The van der Waals surface area contributed by atoms with E-state index in [0.717, 1.165) is 0 Å². The van der Waals surface area contributed by atoms with Gasteiger partial charge in [-0.25, -0.2) is 0 Å². The first kappa shape index (κ1) is 44.2. The van der Waals surface area contributed by atoms with Gasteiger partial charge in [0, 0.05) is 24.8 Å². The van der Waals surface area contributed by atoms with Gasteiger partial charge in [0.25, 0.3) is 0 Å². The molecule has 47 heavy (non-hydrogen) atoms. The van der Waals surface area contributed by atoms with E-state index in [4.69, 9.17) is 0 Å². The maximum Gasteiger partial charge on any atom is 0.104 e. The van der Waals surface area contributed by atoms with E-state index in [1.165, 1.54) is 228 Å². The molecule has 0 aliphatic rings. The SMILES string of the molecule is CCCCCCCCCCCCC(CCCCCCCCCCCC)(CCCCCCCCCCCC)[N+](C)(C)Cc1ccccc1. The molecule has 0 N–H and O–H groups in total. The molecule has 0 atom stereocenters. The molecule has 0 radical (unpaired) electrons. The van der Waals surface area contributed by atoms with Crippen LogP contribution in [-0.2, 0) is 6.54 Å². The molecule has 276 valence electrons. The van der Waals surface area contributed by atoms with Crippen LogP contribution in [0, 0.1) is 0 Å². The van der Waals surface area contributed by atoms with Gasteiger partial charge in [0.15, 0.2) is 0 Å². The Bertz CT molecular complexity index is 692. The average Bonchev–Trinajstić information content (AvgIpc) is 3.07. The third-order valence-corrected chi connectivity index (χ3v) is 11.7. The minimum absolute atomic E-state index is 0.413. The maximum absolute atomic E-state index is 2.61. The fraction of sp³-hybridized carbons (Fsp3) is 0.870. The molecule has 0 spiro atoms. The van der Waals surface area contributed by atoms with Crippen LogP contribution in [0.3, 0.4) is 0 Å². The second kappa shape index (κ2) is 31.2. The Labute approximate surface area is 298 Å². The van der Waals surface area contributed by atoms with Gasteiger partial charge >= 0.3 is 0 Å². The summed E-state index contributed by atoms with van der Waals surface area (Å²) >= 11 is 0. The van der Waals surface area contributed by atoms with Crippen molar-refractivity contribution in [2.45, 2.75) is 245 Å². The van der Waals surface area contributed by atoms with Crippen LogP contribution < -0.4 is 0 Å². The number of rotatable bonds is 36. The minimum Gasteiger partial charge on any atom is -0.320 e. The first-order chi connectivity index (χ1) is 23.0. The van der Waals surface area contributed by atoms with Crippen LogP contribution in [0.15, 0.2) is 30.3 Å². The van der Waals surface area contributed by atoms with Crippen LogP contribution >= 0.6 is 0 Å². The van der Waals surface area contributed by atoms with Crippen molar-refractivity contribution in [1.29, 1.82) is 0 Å². The smallest absolute Gasteiger partial charge is 0.104 e. The van der Waals surface area contributed by atoms with Gasteiger partial charge < -0.3 is 4.48 Å². The van der Waals surface area contributed by atoms with Crippen LogP contribution in [0.4, 0.5) is 0 Å². The number of hydrogen-bond acceptors (Lipinski definition) is 0. The summed E-state index contributed by atoms with van der Waals surface area (Å²) in [6.07, 6.45) is 47.5. The number of benzene rings is 1. The zero-order chi connectivity index (χ0) is 34.2. The topological polar surface area (TPSA) is 0 Å². The van der Waals surface area contributed by atoms with Crippen molar-refractivity contribution in [3.63, 3.8) is 0 Å². The summed E-state index contributed by atoms with van der Waals surface area (Å²) in [6, 6.07) is 11.5. The molecule has 1 heteroatoms. The molecule has 1 aromatic carbocycles. The number of unbranched alkanes of at least 4 members (excludes halogenated alkanes) is 27. The van der Waals surface area contributed by atoms with Crippen LogP contribution in [0.1, 0.15) is 238 Å². The van der Waals surface area contributed by atoms with Crippen molar-refractivity contribution < 1.29 is 4.48 Å². The highest BCUT2D eigenvalue weighted by Gasteiger charge is 2.43. The zero-order valence-electron chi connectivity index (χ0n) is 33.4. The highest BCUT2D eigenvalue weighted by Crippen LogP contribution is 2.39. The van der Waals surface area contributed by atoms with E-state index in [2.05, 4.69) is 65.2 Å². The Kier molecular flexibility index (Phi) is 29.3. The normalized spacial score (nSPS) is 12.3. The van der Waals surface area contributed by atoms with E-state index in [0.29, 0.717) is 5.54 Å². The van der Waals surface area contributed by atoms with Crippen LogP contribution in [0.5, 0.6) is 0 Å². The summed E-state index contributed by atoms with van der Waals surface area (Å²) in [5.41, 5.74) is 1.94. The summed E-state index contributed by atoms with van der Waals surface area (Å²) in [7, 11) is 5.21. The third kappa shape index (κ3) is 23.3. The quantitative estimate of drug-likeness (QED) is 0.0499. The van der Waals surface area contributed by atoms with Gasteiger partial charge in [-0.05, 0) is 19.3 Å². The van der Waals surface area contributed by atoms with Crippen LogP contribution in [-0.4, -0.2) is 24.1 Å². The summed E-state index contributed by atoms with van der Waals surface area (Å²) in [5.74, 6) is 0. The van der Waals surface area contributed by atoms with Gasteiger partial charge in [0.05, 0.1) is 19.6 Å². The Morgan fingerprint density at radius 1 is 0.362 bits per heavy atom. The summed E-state index contributed by atoms with van der Waals surface area (Å²) < 4.78 is 1.17. The van der Waals surface area contributed by atoms with E-state index >= 15 is 0 Å². The van der Waals surface area contributed by atoms with Crippen molar-refractivity contribution in [3.8, 4) is 0 Å². The molecule has 0 aromatic heterocycles. The first-order valence-corrected chi connectivity index (χ1v) is 21.9. The Morgan fingerprint density at radius 2 is 0.617 bits per heavy atom. The molecule has 1 rings (SSSR count). The molecule has 0 aliphatic carbocycles. The molecule has 0 aliphatic heterocycles. The van der Waals surface area contributed by atoms with Gasteiger partial charge in [-0.2, -0.15) is 0 Å². The largest absolute Gasteiger partial charge is 0.320 e. The zero-order valence-corrected chi connectivity index (χ0v) is 33.4. The molecule has 0 bridgehead atoms. The highest BCUT2D eigenvalue weighted by molar-refractivity contribution is 5.13. The lowest BCUT2D eigenvalue weighted by atomic mass is 9.78. The lowest BCUT2D eigenvalue weighted by molar-refractivity contribution is -0.956. The van der Waals surface area contributed by atoms with E-state index in [1.807, 2.05) is 0 Å². The van der Waals surface area contributed by atoms with Crippen LogP contribution in [0.2, 0.25) is 0 Å². The average molecular weight is 655 g/mol. The second-order valence-corrected chi connectivity index (χ2v) is 16.3. The highest BCUT2D eigenvalue weighted by atomic mass is 15.4. The van der Waals surface area contributed by atoms with E-state index in [1.54, 1.807) is 0 Å². The Balaban J connectivity index is 2.78. The van der Waals surface area contributed by atoms with Gasteiger partial charge in [0.1, 0.15) is 6.54 Å². The summed E-state index contributed by atoms with van der Waals surface area (Å²) in [6.45, 7) is 8.15. The standard InChI is InChI=1S/C46H88N/c1-6-9-12-15-18-21-24-27-30-36-41-46(47(4,5)44-45-39-34-33-35-40-45,42-37-31-28-25-22-19-16-13-10-7-2)43-38-32-29-26-23-20-17-14-11-8-3/h33-35,39-40H,6-32,36-38,41-44H2,1-5H3/q+1. The predicted molar refractivity (Wildman–Crippen MR) is 214 cm³/mol. The molecule has 0 amide bonds. The lowest BCUT2D eigenvalue weighted by Crippen LogP contribution is -2.59. The molecular weight excluding hydrogens is 567 g/mol. The van der Waals surface area contributed by atoms with Crippen molar-refractivity contribution in [2.75, 3.05) is 14.1 Å². The summed E-state index contributed by atoms with van der Waals surface area (Å²) in [5, 5.41) is 0. The van der Waals surface area contributed by atoms with E-state index in [9.17, 15) is 0 Å². The van der Waals surface area contributed by atoms with Crippen LogP contribution in [0.25, 0.3) is 0 Å².